The monoisotopic (exact) mass is 953 g/mol. The van der Waals surface area contributed by atoms with Crippen LogP contribution in [0.3, 0.4) is 0 Å². The number of hydrogen-bond donors (Lipinski definition) is 1. The van der Waals surface area contributed by atoms with Crippen LogP contribution in [-0.2, 0) is 19.1 Å². The fraction of sp³-hybridized carbons (Fsp3) is 0.841. The van der Waals surface area contributed by atoms with Crippen LogP contribution in [0.4, 0.5) is 0 Å². The third-order valence-electron chi connectivity index (χ3n) is 13.6. The van der Waals surface area contributed by atoms with Crippen LogP contribution < -0.4 is 0 Å². The van der Waals surface area contributed by atoms with Crippen molar-refractivity contribution < 1.29 is 24.2 Å². The van der Waals surface area contributed by atoms with Crippen molar-refractivity contribution in [2.24, 2.45) is 0 Å². The zero-order chi connectivity index (χ0) is 49.2. The minimum Gasteiger partial charge on any atom is -0.462 e. The molecule has 0 heterocycles. The Morgan fingerprint density at radius 2 is 0.588 bits per heavy atom. The molecule has 0 rings (SSSR count). The Kier molecular flexibility index (Phi) is 57.3. The first-order valence-electron chi connectivity index (χ1n) is 30.2. The molecule has 1 atom stereocenters. The molecule has 5 nitrogen and oxygen atoms in total. The van der Waals surface area contributed by atoms with Gasteiger partial charge in [0, 0.05) is 12.8 Å². The van der Waals surface area contributed by atoms with Gasteiger partial charge in [0.1, 0.15) is 6.61 Å². The molecule has 398 valence electrons. The summed E-state index contributed by atoms with van der Waals surface area (Å²) in [5.41, 5.74) is 0. The summed E-state index contributed by atoms with van der Waals surface area (Å²) in [6.07, 6.45) is 78.4. The molecule has 0 bridgehead atoms. The van der Waals surface area contributed by atoms with Crippen molar-refractivity contribution in [1.82, 2.24) is 0 Å². The normalized spacial score (nSPS) is 12.5. The minimum absolute atomic E-state index is 0.0699. The smallest absolute Gasteiger partial charge is 0.306 e. The molecule has 0 aliphatic carbocycles. The van der Waals surface area contributed by atoms with Gasteiger partial charge in [-0.3, -0.25) is 9.59 Å². The number of carbonyl (C=O) groups is 2. The molecular weight excluding hydrogens is 837 g/mol. The Balaban J connectivity index is 3.37. The van der Waals surface area contributed by atoms with Gasteiger partial charge in [-0.15, -0.1) is 0 Å². The molecular formula is C63H116O5. The molecule has 5 heteroatoms. The highest BCUT2D eigenvalue weighted by molar-refractivity contribution is 5.70. The van der Waals surface area contributed by atoms with E-state index in [0.717, 1.165) is 57.8 Å². The van der Waals surface area contributed by atoms with Gasteiger partial charge >= 0.3 is 11.9 Å². The summed E-state index contributed by atoms with van der Waals surface area (Å²) in [5, 5.41) is 9.63. The van der Waals surface area contributed by atoms with E-state index in [9.17, 15) is 14.7 Å². The van der Waals surface area contributed by atoms with Crippen LogP contribution in [0.1, 0.15) is 322 Å². The maximum Gasteiger partial charge on any atom is 0.306 e. The molecule has 0 aromatic rings. The van der Waals surface area contributed by atoms with Crippen LogP contribution in [0.15, 0.2) is 48.6 Å². The number of ether oxygens (including phenoxy) is 2. The molecule has 0 radical (unpaired) electrons. The van der Waals surface area contributed by atoms with Crippen molar-refractivity contribution in [2.75, 3.05) is 13.2 Å². The first-order valence-corrected chi connectivity index (χ1v) is 30.2. The Labute approximate surface area is 424 Å². The minimum atomic E-state index is -0.776. The van der Waals surface area contributed by atoms with Gasteiger partial charge in [0.15, 0.2) is 6.10 Å². The molecule has 1 N–H and O–H groups in total. The second-order valence-electron chi connectivity index (χ2n) is 20.4. The average Bonchev–Trinajstić information content (AvgIpc) is 3.34. The molecule has 0 saturated carbocycles. The quantitative estimate of drug-likeness (QED) is 0.0374. The second-order valence-corrected chi connectivity index (χ2v) is 20.4. The molecule has 1 unspecified atom stereocenters. The number of aliphatic hydroxyl groups is 1. The third kappa shape index (κ3) is 56.4. The summed E-state index contributed by atoms with van der Waals surface area (Å²) >= 11 is 0. The number of esters is 2. The lowest BCUT2D eigenvalue weighted by Gasteiger charge is -2.15. The second kappa shape index (κ2) is 59.2. The molecule has 0 saturated heterocycles. The highest BCUT2D eigenvalue weighted by atomic mass is 16.6. The fourth-order valence-corrected chi connectivity index (χ4v) is 9.03. The Bertz CT molecular complexity index is 1120. The predicted molar refractivity (Wildman–Crippen MR) is 297 cm³/mol. The Morgan fingerprint density at radius 1 is 0.338 bits per heavy atom. The van der Waals surface area contributed by atoms with Crippen molar-refractivity contribution in [2.45, 2.75) is 328 Å². The van der Waals surface area contributed by atoms with Crippen LogP contribution in [0.5, 0.6) is 0 Å². The lowest BCUT2D eigenvalue weighted by Crippen LogP contribution is -2.28. The van der Waals surface area contributed by atoms with E-state index in [0.29, 0.717) is 12.8 Å². The molecule has 0 aliphatic rings. The molecule has 0 fully saturated rings. The number of aliphatic hydroxyl groups excluding tert-OH is 1. The van der Waals surface area contributed by atoms with E-state index in [2.05, 4.69) is 62.5 Å². The summed E-state index contributed by atoms with van der Waals surface area (Å²) in [4.78, 5) is 24.5. The summed E-state index contributed by atoms with van der Waals surface area (Å²) in [7, 11) is 0. The van der Waals surface area contributed by atoms with Crippen molar-refractivity contribution in [3.63, 3.8) is 0 Å². The first-order chi connectivity index (χ1) is 33.6. The van der Waals surface area contributed by atoms with E-state index in [1.807, 2.05) is 0 Å². The predicted octanol–water partition coefficient (Wildman–Crippen LogP) is 20.4. The zero-order valence-electron chi connectivity index (χ0n) is 45.6. The van der Waals surface area contributed by atoms with Gasteiger partial charge in [0.25, 0.3) is 0 Å². The van der Waals surface area contributed by atoms with E-state index in [4.69, 9.17) is 9.47 Å². The standard InChI is InChI=1S/C63H116O5/c1-3-5-7-9-11-13-15-17-19-20-21-22-23-24-25-26-27-28-29-30-31-32-33-34-35-36-37-38-39-40-41-42-44-46-48-50-52-54-56-58-63(66)68-61(59-64)60-67-62(65)57-55-53-51-49-47-45-43-18-16-14-12-10-8-6-4-2/h12,14-15,17-18,20-21,43,61,64H,3-11,13,16,19,22-42,44-60H2,1-2H3/b14-12-,17-15-,21-20-,43-18-. The van der Waals surface area contributed by atoms with Gasteiger partial charge in [-0.2, -0.15) is 0 Å². The fourth-order valence-electron chi connectivity index (χ4n) is 9.03. The van der Waals surface area contributed by atoms with Crippen LogP contribution in [-0.4, -0.2) is 36.4 Å². The van der Waals surface area contributed by atoms with Crippen molar-refractivity contribution in [3.8, 4) is 0 Å². The van der Waals surface area contributed by atoms with Crippen LogP contribution in [0.25, 0.3) is 0 Å². The maximum atomic E-state index is 12.3. The van der Waals surface area contributed by atoms with Gasteiger partial charge in [-0.1, -0.05) is 281 Å². The van der Waals surface area contributed by atoms with Crippen molar-refractivity contribution in [1.29, 1.82) is 0 Å². The lowest BCUT2D eigenvalue weighted by molar-refractivity contribution is -0.161. The molecule has 0 amide bonds. The van der Waals surface area contributed by atoms with E-state index in [1.165, 1.54) is 238 Å². The van der Waals surface area contributed by atoms with E-state index in [1.54, 1.807) is 0 Å². The number of rotatable bonds is 56. The van der Waals surface area contributed by atoms with Gasteiger partial charge in [0.2, 0.25) is 0 Å². The van der Waals surface area contributed by atoms with Crippen molar-refractivity contribution >= 4 is 11.9 Å². The summed E-state index contributed by atoms with van der Waals surface area (Å²) in [6, 6.07) is 0. The largest absolute Gasteiger partial charge is 0.462 e. The van der Waals surface area contributed by atoms with Gasteiger partial charge in [0.05, 0.1) is 6.61 Å². The van der Waals surface area contributed by atoms with E-state index >= 15 is 0 Å². The zero-order valence-corrected chi connectivity index (χ0v) is 45.6. The van der Waals surface area contributed by atoms with Gasteiger partial charge in [-0.05, 0) is 77.0 Å². The molecule has 0 aromatic heterocycles. The first kappa shape index (κ1) is 65.9. The maximum absolute atomic E-state index is 12.3. The van der Waals surface area contributed by atoms with Gasteiger partial charge in [-0.25, -0.2) is 0 Å². The Hall–Kier alpha value is -2.14. The van der Waals surface area contributed by atoms with Crippen LogP contribution in [0, 0.1) is 0 Å². The van der Waals surface area contributed by atoms with E-state index < -0.39 is 6.10 Å². The summed E-state index contributed by atoms with van der Waals surface area (Å²) < 4.78 is 10.7. The number of carbonyl (C=O) groups excluding carboxylic acids is 2. The van der Waals surface area contributed by atoms with Gasteiger partial charge < -0.3 is 14.6 Å². The summed E-state index contributed by atoms with van der Waals surface area (Å²) in [5.74, 6) is -0.593. The third-order valence-corrected chi connectivity index (χ3v) is 13.6. The SMILES string of the molecule is CCCCC/C=C\C/C=C\CCCCCCCC(=O)OCC(CO)OC(=O)CCCCCCCCCCCCCCCCCCCCCCCCCCCCC/C=C\C/C=C\CCCCCCC. The Morgan fingerprint density at radius 3 is 0.897 bits per heavy atom. The average molecular weight is 954 g/mol. The van der Waals surface area contributed by atoms with Crippen molar-refractivity contribution in [3.05, 3.63) is 48.6 Å². The molecule has 0 spiro atoms. The van der Waals surface area contributed by atoms with Crippen LogP contribution in [0.2, 0.25) is 0 Å². The highest BCUT2D eigenvalue weighted by Crippen LogP contribution is 2.17. The molecule has 68 heavy (non-hydrogen) atoms. The molecule has 0 aromatic carbocycles. The molecule has 0 aliphatic heterocycles. The number of unbranched alkanes of at least 4 members (excludes halogenated alkanes) is 40. The highest BCUT2D eigenvalue weighted by Gasteiger charge is 2.16. The number of hydrogen-bond acceptors (Lipinski definition) is 5. The number of allylic oxidation sites excluding steroid dienone is 8. The lowest BCUT2D eigenvalue weighted by atomic mass is 10.0. The summed E-state index contributed by atoms with van der Waals surface area (Å²) in [6.45, 7) is 4.12. The topological polar surface area (TPSA) is 72.8 Å². The van der Waals surface area contributed by atoms with E-state index in [-0.39, 0.29) is 25.2 Å². The van der Waals surface area contributed by atoms with Crippen LogP contribution >= 0.6 is 0 Å².